The monoisotopic (exact) mass is 316 g/mol. The topological polar surface area (TPSA) is 54.6 Å². The molecule has 1 aromatic heterocycles. The number of rotatable bonds is 5. The van der Waals surface area contributed by atoms with Crippen LogP contribution in [0.25, 0.3) is 0 Å². The lowest BCUT2D eigenvalue weighted by Crippen LogP contribution is -2.47. The number of aromatic nitrogens is 2. The van der Waals surface area contributed by atoms with Crippen LogP contribution in [-0.2, 0) is 6.42 Å². The molecule has 0 N–H and O–H groups in total. The summed E-state index contributed by atoms with van der Waals surface area (Å²) < 4.78 is 10.6. The van der Waals surface area contributed by atoms with E-state index in [-0.39, 0.29) is 6.04 Å². The van der Waals surface area contributed by atoms with Crippen LogP contribution < -0.4 is 9.64 Å². The smallest absolute Gasteiger partial charge is 0.243 e. The third-order valence-electron chi connectivity index (χ3n) is 4.46. The van der Waals surface area contributed by atoms with Crippen molar-refractivity contribution < 1.29 is 9.26 Å². The maximum atomic E-state index is 5.38. The van der Waals surface area contributed by atoms with Crippen LogP contribution in [-0.4, -0.2) is 48.3 Å². The summed E-state index contributed by atoms with van der Waals surface area (Å²) in [5.74, 6) is 2.40. The first kappa shape index (κ1) is 15.8. The molecular formula is C17H24N4O2. The highest BCUT2D eigenvalue weighted by molar-refractivity contribution is 5.49. The summed E-state index contributed by atoms with van der Waals surface area (Å²) in [7, 11) is 1.69. The Labute approximate surface area is 137 Å². The maximum Gasteiger partial charge on any atom is 0.243 e. The lowest BCUT2D eigenvalue weighted by atomic mass is 10.2. The van der Waals surface area contributed by atoms with Gasteiger partial charge in [0, 0.05) is 38.3 Å². The van der Waals surface area contributed by atoms with Crippen LogP contribution in [0.2, 0.25) is 0 Å². The Hall–Kier alpha value is -2.08. The van der Waals surface area contributed by atoms with Gasteiger partial charge in [0.1, 0.15) is 5.75 Å². The molecule has 1 fully saturated rings. The molecule has 1 aliphatic rings. The number of methoxy groups -OCH3 is 1. The van der Waals surface area contributed by atoms with E-state index >= 15 is 0 Å². The Balaban J connectivity index is 1.58. The molecule has 2 aromatic rings. The second-order valence-corrected chi connectivity index (χ2v) is 5.80. The van der Waals surface area contributed by atoms with Gasteiger partial charge < -0.3 is 14.2 Å². The summed E-state index contributed by atoms with van der Waals surface area (Å²) in [6.45, 7) is 8.12. The number of benzene rings is 1. The first-order valence-corrected chi connectivity index (χ1v) is 8.16. The van der Waals surface area contributed by atoms with Gasteiger partial charge in [0.2, 0.25) is 5.89 Å². The highest BCUT2D eigenvalue weighted by atomic mass is 16.5. The Bertz CT molecular complexity index is 618. The molecule has 1 aliphatic heterocycles. The molecule has 0 radical (unpaired) electrons. The first-order valence-electron chi connectivity index (χ1n) is 8.16. The van der Waals surface area contributed by atoms with Crippen LogP contribution in [0.3, 0.4) is 0 Å². The van der Waals surface area contributed by atoms with E-state index in [9.17, 15) is 0 Å². The Morgan fingerprint density at radius 2 is 1.87 bits per heavy atom. The van der Waals surface area contributed by atoms with Crippen molar-refractivity contribution in [1.82, 2.24) is 15.0 Å². The van der Waals surface area contributed by atoms with Crippen molar-refractivity contribution in [1.29, 1.82) is 0 Å². The molecule has 1 aromatic carbocycles. The number of ether oxygens (including phenoxy) is 1. The van der Waals surface area contributed by atoms with E-state index < -0.39 is 0 Å². The van der Waals surface area contributed by atoms with Crippen molar-refractivity contribution >= 4 is 5.69 Å². The lowest BCUT2D eigenvalue weighted by Gasteiger charge is -2.38. The molecule has 6 heteroatoms. The fourth-order valence-electron chi connectivity index (χ4n) is 2.90. The minimum Gasteiger partial charge on any atom is -0.497 e. The zero-order valence-electron chi connectivity index (χ0n) is 14.0. The average Bonchev–Trinajstić information content (AvgIpc) is 3.10. The quantitative estimate of drug-likeness (QED) is 0.845. The van der Waals surface area contributed by atoms with Gasteiger partial charge in [0.05, 0.1) is 13.2 Å². The second-order valence-electron chi connectivity index (χ2n) is 5.80. The number of anilines is 1. The van der Waals surface area contributed by atoms with Gasteiger partial charge in [-0.25, -0.2) is 0 Å². The highest BCUT2D eigenvalue weighted by Gasteiger charge is 2.25. The predicted octanol–water partition coefficient (Wildman–Crippen LogP) is 2.52. The zero-order chi connectivity index (χ0) is 16.2. The van der Waals surface area contributed by atoms with Crippen LogP contribution in [0, 0.1) is 0 Å². The van der Waals surface area contributed by atoms with Crippen molar-refractivity contribution in [2.75, 3.05) is 38.2 Å². The van der Waals surface area contributed by atoms with E-state index in [0.29, 0.717) is 0 Å². The zero-order valence-corrected chi connectivity index (χ0v) is 14.0. The Kier molecular flexibility index (Phi) is 4.81. The largest absolute Gasteiger partial charge is 0.497 e. The molecule has 0 amide bonds. The third-order valence-corrected chi connectivity index (χ3v) is 4.46. The molecule has 1 unspecified atom stereocenters. The van der Waals surface area contributed by atoms with Gasteiger partial charge in [0.15, 0.2) is 5.82 Å². The van der Waals surface area contributed by atoms with E-state index in [1.54, 1.807) is 7.11 Å². The van der Waals surface area contributed by atoms with E-state index in [1.807, 2.05) is 19.1 Å². The van der Waals surface area contributed by atoms with Crippen molar-refractivity contribution in [3.05, 3.63) is 36.0 Å². The molecule has 6 nitrogen and oxygen atoms in total. The lowest BCUT2D eigenvalue weighted by molar-refractivity contribution is 0.164. The van der Waals surface area contributed by atoms with Crippen molar-refractivity contribution in [3.63, 3.8) is 0 Å². The van der Waals surface area contributed by atoms with E-state index in [1.165, 1.54) is 5.69 Å². The fraction of sp³-hybridized carbons (Fsp3) is 0.529. The molecule has 0 spiro atoms. The van der Waals surface area contributed by atoms with Crippen LogP contribution >= 0.6 is 0 Å². The summed E-state index contributed by atoms with van der Waals surface area (Å²) >= 11 is 0. The van der Waals surface area contributed by atoms with E-state index in [2.05, 4.69) is 39.0 Å². The SMILES string of the molecule is CCc1noc(C(C)N2CCN(c3ccc(OC)cc3)CC2)n1. The molecule has 124 valence electrons. The molecule has 0 saturated carbocycles. The number of nitrogens with zero attached hydrogens (tertiary/aromatic N) is 4. The Morgan fingerprint density at radius 1 is 1.17 bits per heavy atom. The number of hydrogen-bond acceptors (Lipinski definition) is 6. The summed E-state index contributed by atoms with van der Waals surface area (Å²) in [4.78, 5) is 9.25. The normalized spacial score (nSPS) is 17.3. The molecule has 3 rings (SSSR count). The summed E-state index contributed by atoms with van der Waals surface area (Å²) in [5.41, 5.74) is 1.24. The van der Waals surface area contributed by atoms with Crippen molar-refractivity contribution in [2.24, 2.45) is 0 Å². The van der Waals surface area contributed by atoms with Gasteiger partial charge in [-0.1, -0.05) is 12.1 Å². The van der Waals surface area contributed by atoms with E-state index in [4.69, 9.17) is 9.26 Å². The first-order chi connectivity index (χ1) is 11.2. The summed E-state index contributed by atoms with van der Waals surface area (Å²) in [6, 6.07) is 8.41. The molecule has 23 heavy (non-hydrogen) atoms. The standard InChI is InChI=1S/C17H24N4O2/c1-4-16-18-17(23-19-16)13(2)20-9-11-21(12-10-20)14-5-7-15(22-3)8-6-14/h5-8,13H,4,9-12H2,1-3H3. The molecule has 1 saturated heterocycles. The van der Waals surface area contributed by atoms with Gasteiger partial charge >= 0.3 is 0 Å². The van der Waals surface area contributed by atoms with Crippen molar-refractivity contribution in [2.45, 2.75) is 26.3 Å². The fourth-order valence-corrected chi connectivity index (χ4v) is 2.90. The second kappa shape index (κ2) is 7.00. The van der Waals surface area contributed by atoms with Crippen LogP contribution in [0.4, 0.5) is 5.69 Å². The summed E-state index contributed by atoms with van der Waals surface area (Å²) in [5, 5.41) is 3.99. The maximum absolute atomic E-state index is 5.38. The van der Waals surface area contributed by atoms with Crippen LogP contribution in [0.15, 0.2) is 28.8 Å². The minimum atomic E-state index is 0.167. The summed E-state index contributed by atoms with van der Waals surface area (Å²) in [6.07, 6.45) is 0.807. The van der Waals surface area contributed by atoms with Gasteiger partial charge in [-0.2, -0.15) is 4.98 Å². The molecule has 2 heterocycles. The van der Waals surface area contributed by atoms with Crippen LogP contribution in [0.1, 0.15) is 31.6 Å². The highest BCUT2D eigenvalue weighted by Crippen LogP contribution is 2.24. The minimum absolute atomic E-state index is 0.167. The van der Waals surface area contributed by atoms with Gasteiger partial charge in [0.25, 0.3) is 0 Å². The van der Waals surface area contributed by atoms with Crippen molar-refractivity contribution in [3.8, 4) is 5.75 Å². The van der Waals surface area contributed by atoms with E-state index in [0.717, 1.165) is 50.1 Å². The Morgan fingerprint density at radius 3 is 2.43 bits per heavy atom. The van der Waals surface area contributed by atoms with Crippen LogP contribution in [0.5, 0.6) is 5.75 Å². The van der Waals surface area contributed by atoms with Gasteiger partial charge in [-0.05, 0) is 31.2 Å². The molecule has 1 atom stereocenters. The van der Waals surface area contributed by atoms with Gasteiger partial charge in [-0.15, -0.1) is 0 Å². The molecule has 0 bridgehead atoms. The van der Waals surface area contributed by atoms with Gasteiger partial charge in [-0.3, -0.25) is 4.90 Å². The molecule has 0 aliphatic carbocycles. The number of piperazine rings is 1. The number of aryl methyl sites for hydroxylation is 1. The molecular weight excluding hydrogens is 292 g/mol. The average molecular weight is 316 g/mol. The predicted molar refractivity (Wildman–Crippen MR) is 88.9 cm³/mol. The number of hydrogen-bond donors (Lipinski definition) is 0. The third kappa shape index (κ3) is 3.47.